The van der Waals surface area contributed by atoms with E-state index in [-0.39, 0.29) is 5.97 Å². The van der Waals surface area contributed by atoms with E-state index in [0.717, 1.165) is 25.5 Å². The second-order valence-electron chi connectivity index (χ2n) is 4.89. The number of carbonyl (C=O) groups excluding carboxylic acids is 1. The Kier molecular flexibility index (Phi) is 3.68. The Balaban J connectivity index is 1.97. The molecule has 100 valence electrons. The number of nitrogens with zero attached hydrogens (tertiary/aromatic N) is 3. The van der Waals surface area contributed by atoms with E-state index in [0.29, 0.717) is 13.2 Å². The molecule has 0 aromatic carbocycles. The monoisotopic (exact) mass is 252 g/mol. The molecule has 2 N–H and O–H groups in total. The molecule has 2 rings (SSSR count). The Hall–Kier alpha value is -1.40. The van der Waals surface area contributed by atoms with Crippen molar-refractivity contribution in [2.45, 2.75) is 32.5 Å². The summed E-state index contributed by atoms with van der Waals surface area (Å²) in [7, 11) is 0. The van der Waals surface area contributed by atoms with Crippen LogP contribution in [0, 0.1) is 0 Å². The van der Waals surface area contributed by atoms with Crippen LogP contribution in [0.25, 0.3) is 0 Å². The van der Waals surface area contributed by atoms with Gasteiger partial charge in [-0.05, 0) is 13.8 Å². The predicted octanol–water partition coefficient (Wildman–Crippen LogP) is -0.0208. The minimum absolute atomic E-state index is 0.348. The van der Waals surface area contributed by atoms with Crippen LogP contribution < -0.4 is 5.73 Å². The molecule has 0 spiro atoms. The number of imidazole rings is 1. The highest BCUT2D eigenvalue weighted by Crippen LogP contribution is 2.14. The molecule has 0 amide bonds. The van der Waals surface area contributed by atoms with E-state index in [9.17, 15) is 4.79 Å². The van der Waals surface area contributed by atoms with Gasteiger partial charge >= 0.3 is 5.97 Å². The lowest BCUT2D eigenvalue weighted by molar-refractivity contribution is -0.149. The number of hydrogen-bond acceptors (Lipinski definition) is 5. The zero-order valence-electron chi connectivity index (χ0n) is 10.9. The van der Waals surface area contributed by atoms with Gasteiger partial charge < -0.3 is 15.0 Å². The molecule has 1 aliphatic rings. The van der Waals surface area contributed by atoms with Gasteiger partial charge in [0, 0.05) is 32.0 Å². The number of ether oxygens (including phenoxy) is 1. The van der Waals surface area contributed by atoms with Crippen LogP contribution in [0.4, 0.5) is 0 Å². The molecule has 0 aliphatic carbocycles. The van der Waals surface area contributed by atoms with Crippen LogP contribution in [0.15, 0.2) is 12.4 Å². The summed E-state index contributed by atoms with van der Waals surface area (Å²) < 4.78 is 7.11. The van der Waals surface area contributed by atoms with Crippen molar-refractivity contribution in [1.29, 1.82) is 0 Å². The van der Waals surface area contributed by atoms with Gasteiger partial charge in [0.2, 0.25) is 0 Å². The number of carbonyl (C=O) groups is 1. The van der Waals surface area contributed by atoms with E-state index >= 15 is 0 Å². The average Bonchev–Trinajstić information content (AvgIpc) is 2.76. The second kappa shape index (κ2) is 5.07. The fourth-order valence-electron chi connectivity index (χ4n) is 2.18. The molecule has 0 saturated heterocycles. The smallest absolute Gasteiger partial charge is 0.327 e. The van der Waals surface area contributed by atoms with Gasteiger partial charge in [-0.25, -0.2) is 4.98 Å². The highest BCUT2D eigenvalue weighted by Gasteiger charge is 2.33. The standard InChI is InChI=1S/C12H20N4O2/c1-3-18-11(17)12(2,13)9-15-6-7-16-5-4-14-10(16)8-15/h4-5H,3,6-9,13H2,1-2H3. The molecule has 0 fully saturated rings. The third kappa shape index (κ3) is 2.70. The van der Waals surface area contributed by atoms with Crippen LogP contribution in [-0.2, 0) is 22.6 Å². The maximum absolute atomic E-state index is 11.7. The summed E-state index contributed by atoms with van der Waals surface area (Å²) in [5, 5.41) is 0. The molecule has 0 bridgehead atoms. The average molecular weight is 252 g/mol. The topological polar surface area (TPSA) is 73.4 Å². The summed E-state index contributed by atoms with van der Waals surface area (Å²) in [6, 6.07) is 0. The second-order valence-corrected chi connectivity index (χ2v) is 4.89. The van der Waals surface area contributed by atoms with E-state index < -0.39 is 5.54 Å². The molecule has 1 atom stereocenters. The van der Waals surface area contributed by atoms with Gasteiger partial charge in [-0.15, -0.1) is 0 Å². The fourth-order valence-corrected chi connectivity index (χ4v) is 2.18. The molecular formula is C12H20N4O2. The normalized spacial score (nSPS) is 19.1. The quantitative estimate of drug-likeness (QED) is 0.762. The summed E-state index contributed by atoms with van der Waals surface area (Å²) in [5.41, 5.74) is 5.06. The predicted molar refractivity (Wildman–Crippen MR) is 66.7 cm³/mol. The van der Waals surface area contributed by atoms with Crippen LogP contribution in [0.2, 0.25) is 0 Å². The molecule has 6 nitrogen and oxygen atoms in total. The number of fused-ring (bicyclic) bond motifs is 1. The van der Waals surface area contributed by atoms with Crippen LogP contribution in [0.5, 0.6) is 0 Å². The van der Waals surface area contributed by atoms with E-state index in [1.807, 2.05) is 6.20 Å². The van der Waals surface area contributed by atoms with Crippen LogP contribution in [-0.4, -0.2) is 45.7 Å². The van der Waals surface area contributed by atoms with Crippen molar-refractivity contribution in [2.24, 2.45) is 5.73 Å². The number of rotatable bonds is 4. The Bertz CT molecular complexity index is 427. The lowest BCUT2D eigenvalue weighted by Gasteiger charge is -2.33. The Morgan fingerprint density at radius 2 is 2.39 bits per heavy atom. The highest BCUT2D eigenvalue weighted by atomic mass is 16.5. The van der Waals surface area contributed by atoms with Crippen LogP contribution in [0.3, 0.4) is 0 Å². The summed E-state index contributed by atoms with van der Waals surface area (Å²) >= 11 is 0. The zero-order valence-corrected chi connectivity index (χ0v) is 10.9. The van der Waals surface area contributed by atoms with Gasteiger partial charge in [-0.1, -0.05) is 0 Å². The Labute approximate surface area is 107 Å². The Morgan fingerprint density at radius 3 is 3.11 bits per heavy atom. The van der Waals surface area contributed by atoms with E-state index in [2.05, 4.69) is 14.5 Å². The van der Waals surface area contributed by atoms with Crippen molar-refractivity contribution in [3.05, 3.63) is 18.2 Å². The molecule has 0 radical (unpaired) electrons. The van der Waals surface area contributed by atoms with Gasteiger partial charge in [0.1, 0.15) is 11.4 Å². The van der Waals surface area contributed by atoms with Crippen molar-refractivity contribution >= 4 is 5.97 Å². The minimum atomic E-state index is -0.967. The number of aromatic nitrogens is 2. The number of hydrogen-bond donors (Lipinski definition) is 1. The van der Waals surface area contributed by atoms with Crippen LogP contribution >= 0.6 is 0 Å². The molecule has 1 aromatic rings. The van der Waals surface area contributed by atoms with Crippen molar-refractivity contribution in [3.8, 4) is 0 Å². The minimum Gasteiger partial charge on any atom is -0.465 e. The van der Waals surface area contributed by atoms with Gasteiger partial charge in [-0.3, -0.25) is 9.69 Å². The molecule has 18 heavy (non-hydrogen) atoms. The third-order valence-corrected chi connectivity index (χ3v) is 3.12. The maximum Gasteiger partial charge on any atom is 0.327 e. The van der Waals surface area contributed by atoms with Crippen molar-refractivity contribution in [3.63, 3.8) is 0 Å². The first kappa shape index (κ1) is 13.0. The maximum atomic E-state index is 11.7. The van der Waals surface area contributed by atoms with Gasteiger partial charge in [0.25, 0.3) is 0 Å². The first-order valence-electron chi connectivity index (χ1n) is 6.21. The molecule has 1 aromatic heterocycles. The third-order valence-electron chi connectivity index (χ3n) is 3.12. The highest BCUT2D eigenvalue weighted by molar-refractivity contribution is 5.80. The molecular weight excluding hydrogens is 232 g/mol. The SMILES string of the molecule is CCOC(=O)C(C)(N)CN1CCn2ccnc2C1. The van der Waals surface area contributed by atoms with Gasteiger partial charge in [-0.2, -0.15) is 0 Å². The fraction of sp³-hybridized carbons (Fsp3) is 0.667. The van der Waals surface area contributed by atoms with E-state index in [4.69, 9.17) is 10.5 Å². The first-order chi connectivity index (χ1) is 8.53. The van der Waals surface area contributed by atoms with Crippen LogP contribution in [0.1, 0.15) is 19.7 Å². The van der Waals surface area contributed by atoms with E-state index in [1.54, 1.807) is 20.0 Å². The first-order valence-corrected chi connectivity index (χ1v) is 6.21. The molecule has 1 unspecified atom stereocenters. The lowest BCUT2D eigenvalue weighted by atomic mass is 10.0. The summed E-state index contributed by atoms with van der Waals surface area (Å²) in [4.78, 5) is 18.2. The van der Waals surface area contributed by atoms with Crippen molar-refractivity contribution in [1.82, 2.24) is 14.5 Å². The molecule has 1 aliphatic heterocycles. The van der Waals surface area contributed by atoms with Gasteiger partial charge in [0.15, 0.2) is 0 Å². The summed E-state index contributed by atoms with van der Waals surface area (Å²) in [6.45, 7) is 6.81. The summed E-state index contributed by atoms with van der Waals surface area (Å²) in [6.07, 6.45) is 3.77. The zero-order chi connectivity index (χ0) is 13.2. The van der Waals surface area contributed by atoms with E-state index in [1.165, 1.54) is 0 Å². The Morgan fingerprint density at radius 1 is 1.61 bits per heavy atom. The number of nitrogens with two attached hydrogens (primary N) is 1. The lowest BCUT2D eigenvalue weighted by Crippen LogP contribution is -2.55. The molecule has 6 heteroatoms. The number of esters is 1. The van der Waals surface area contributed by atoms with Crippen molar-refractivity contribution in [2.75, 3.05) is 19.7 Å². The summed E-state index contributed by atoms with van der Waals surface area (Å²) in [5.74, 6) is 0.667. The molecule has 2 heterocycles. The molecule has 0 saturated carbocycles. The van der Waals surface area contributed by atoms with Gasteiger partial charge in [0.05, 0.1) is 13.2 Å². The van der Waals surface area contributed by atoms with Crippen molar-refractivity contribution < 1.29 is 9.53 Å². The largest absolute Gasteiger partial charge is 0.465 e.